The summed E-state index contributed by atoms with van der Waals surface area (Å²) in [7, 11) is -3.29. The number of thioether (sulfide) groups is 1. The highest BCUT2D eigenvalue weighted by molar-refractivity contribution is 7.98. The normalized spacial score (nSPS) is 12.7. The summed E-state index contributed by atoms with van der Waals surface area (Å²) in [4.78, 5) is 22.2. The molecule has 4 N–H and O–H groups in total. The predicted molar refractivity (Wildman–Crippen MR) is 73.8 cm³/mol. The van der Waals surface area contributed by atoms with E-state index in [-0.39, 0.29) is 13.1 Å². The van der Waals surface area contributed by atoms with Crippen LogP contribution in [0.1, 0.15) is 6.42 Å². The van der Waals surface area contributed by atoms with Crippen molar-refractivity contribution >= 4 is 33.8 Å². The maximum atomic E-state index is 11.4. The van der Waals surface area contributed by atoms with Crippen molar-refractivity contribution in [1.29, 1.82) is 0 Å². The Bertz CT molecular complexity index is 399. The predicted octanol–water partition coefficient (Wildman–Crippen LogP) is -0.959. The lowest BCUT2D eigenvalue weighted by atomic mass is 10.2. The van der Waals surface area contributed by atoms with E-state index in [1.807, 2.05) is 6.26 Å². The molecule has 8 nitrogen and oxygen atoms in total. The van der Waals surface area contributed by atoms with Gasteiger partial charge in [-0.15, -0.1) is 0 Å². The number of aliphatic carboxylic acids is 1. The number of urea groups is 1. The van der Waals surface area contributed by atoms with E-state index >= 15 is 0 Å². The summed E-state index contributed by atoms with van der Waals surface area (Å²) in [5.41, 5.74) is 0. The molecule has 0 aliphatic rings. The maximum absolute atomic E-state index is 11.4. The zero-order valence-electron chi connectivity index (χ0n) is 10.8. The number of carbonyl (C=O) groups excluding carboxylic acids is 1. The molecular weight excluding hydrogens is 294 g/mol. The number of amides is 2. The van der Waals surface area contributed by atoms with Crippen LogP contribution < -0.4 is 15.4 Å². The number of hydrogen-bond donors (Lipinski definition) is 4. The van der Waals surface area contributed by atoms with Crippen LogP contribution in [0.2, 0.25) is 0 Å². The Kier molecular flexibility index (Phi) is 8.52. The van der Waals surface area contributed by atoms with Gasteiger partial charge in [0.2, 0.25) is 10.0 Å². The molecule has 0 saturated carbocycles. The Morgan fingerprint density at radius 2 is 1.95 bits per heavy atom. The van der Waals surface area contributed by atoms with Gasteiger partial charge in [0, 0.05) is 13.1 Å². The van der Waals surface area contributed by atoms with Crippen molar-refractivity contribution in [2.24, 2.45) is 0 Å². The number of carboxylic acids is 1. The molecule has 0 aliphatic heterocycles. The topological polar surface area (TPSA) is 125 Å². The molecule has 0 unspecified atom stereocenters. The molecule has 1 atom stereocenters. The van der Waals surface area contributed by atoms with Crippen molar-refractivity contribution < 1.29 is 23.1 Å². The fourth-order valence-electron chi connectivity index (χ4n) is 1.11. The molecule has 0 aromatic heterocycles. The van der Waals surface area contributed by atoms with Gasteiger partial charge in [-0.05, 0) is 18.4 Å². The van der Waals surface area contributed by atoms with Crippen LogP contribution in [-0.2, 0) is 14.8 Å². The van der Waals surface area contributed by atoms with Crippen molar-refractivity contribution in [2.45, 2.75) is 12.5 Å². The Morgan fingerprint density at radius 3 is 2.42 bits per heavy atom. The van der Waals surface area contributed by atoms with E-state index in [1.165, 1.54) is 11.8 Å². The fraction of sp³-hybridized carbons (Fsp3) is 0.778. The van der Waals surface area contributed by atoms with E-state index in [1.54, 1.807) is 0 Å². The summed E-state index contributed by atoms with van der Waals surface area (Å²) in [5.74, 6) is -0.481. The van der Waals surface area contributed by atoms with Crippen LogP contribution >= 0.6 is 11.8 Å². The molecule has 0 fully saturated rings. The largest absolute Gasteiger partial charge is 0.480 e. The molecular formula is C9H19N3O5S2. The van der Waals surface area contributed by atoms with E-state index in [4.69, 9.17) is 5.11 Å². The van der Waals surface area contributed by atoms with Gasteiger partial charge in [-0.1, -0.05) is 0 Å². The Morgan fingerprint density at radius 1 is 1.32 bits per heavy atom. The molecule has 0 spiro atoms. The summed E-state index contributed by atoms with van der Waals surface area (Å²) in [6.45, 7) is 0.128. The first-order valence-corrected chi connectivity index (χ1v) is 8.75. The number of hydrogen-bond acceptors (Lipinski definition) is 5. The number of nitrogens with one attached hydrogen (secondary N) is 3. The number of carbonyl (C=O) groups is 2. The van der Waals surface area contributed by atoms with Crippen molar-refractivity contribution in [3.63, 3.8) is 0 Å². The van der Waals surface area contributed by atoms with Gasteiger partial charge in [0.05, 0.1) is 6.26 Å². The van der Waals surface area contributed by atoms with Crippen LogP contribution in [0.3, 0.4) is 0 Å². The summed E-state index contributed by atoms with van der Waals surface area (Å²) >= 11 is 1.49. The van der Waals surface area contributed by atoms with Crippen LogP contribution in [-0.4, -0.2) is 62.9 Å². The van der Waals surface area contributed by atoms with E-state index in [0.29, 0.717) is 12.2 Å². The Hall–Kier alpha value is -1.00. The van der Waals surface area contributed by atoms with E-state index in [9.17, 15) is 18.0 Å². The SMILES string of the molecule is CSCC[C@@H](NC(=O)NCCNS(C)(=O)=O)C(=O)O. The molecule has 19 heavy (non-hydrogen) atoms. The molecule has 0 rings (SSSR count). The second-order valence-corrected chi connectivity index (χ2v) is 6.56. The average molecular weight is 313 g/mol. The zero-order chi connectivity index (χ0) is 14.9. The van der Waals surface area contributed by atoms with Gasteiger partial charge in [-0.3, -0.25) is 0 Å². The Balaban J connectivity index is 3.96. The third-order valence-electron chi connectivity index (χ3n) is 1.99. The average Bonchev–Trinajstić information content (AvgIpc) is 2.28. The second kappa shape index (κ2) is 8.99. The third kappa shape index (κ3) is 10.6. The second-order valence-electron chi connectivity index (χ2n) is 3.74. The van der Waals surface area contributed by atoms with Gasteiger partial charge in [0.15, 0.2) is 0 Å². The minimum absolute atomic E-state index is 0.0504. The molecule has 0 heterocycles. The van der Waals surface area contributed by atoms with Gasteiger partial charge < -0.3 is 15.7 Å². The number of sulfonamides is 1. The van der Waals surface area contributed by atoms with E-state index in [0.717, 1.165) is 6.26 Å². The lowest BCUT2D eigenvalue weighted by molar-refractivity contribution is -0.139. The van der Waals surface area contributed by atoms with Gasteiger partial charge in [0.25, 0.3) is 0 Å². The maximum Gasteiger partial charge on any atom is 0.326 e. The molecule has 0 aliphatic carbocycles. The van der Waals surface area contributed by atoms with Crippen LogP contribution in [0.4, 0.5) is 4.79 Å². The molecule has 10 heteroatoms. The fourth-order valence-corrected chi connectivity index (χ4v) is 2.06. The minimum atomic E-state index is -3.29. The molecule has 0 bridgehead atoms. The molecule has 0 aromatic carbocycles. The monoisotopic (exact) mass is 313 g/mol. The van der Waals surface area contributed by atoms with Gasteiger partial charge in [0.1, 0.15) is 6.04 Å². The van der Waals surface area contributed by atoms with Crippen molar-refractivity contribution in [3.05, 3.63) is 0 Å². The first-order chi connectivity index (χ1) is 8.76. The summed E-state index contributed by atoms with van der Waals surface area (Å²) < 4.78 is 23.7. The van der Waals surface area contributed by atoms with E-state index < -0.39 is 28.1 Å². The molecule has 0 aromatic rings. The quantitative estimate of drug-likeness (QED) is 0.406. The molecule has 0 radical (unpaired) electrons. The highest BCUT2D eigenvalue weighted by Crippen LogP contribution is 2.00. The minimum Gasteiger partial charge on any atom is -0.480 e. The standard InChI is InChI=1S/C9H19N3O5S2/c1-18-6-3-7(8(13)14)12-9(15)10-4-5-11-19(2,16)17/h7,11H,3-6H2,1-2H3,(H,13,14)(H2,10,12,15)/t7-/m1/s1. The highest BCUT2D eigenvalue weighted by atomic mass is 32.2. The summed E-state index contributed by atoms with van der Waals surface area (Å²) in [5, 5.41) is 13.6. The van der Waals surface area contributed by atoms with Crippen LogP contribution in [0.5, 0.6) is 0 Å². The highest BCUT2D eigenvalue weighted by Gasteiger charge is 2.18. The van der Waals surface area contributed by atoms with Crippen molar-refractivity contribution in [2.75, 3.05) is 31.4 Å². The van der Waals surface area contributed by atoms with Crippen LogP contribution in [0.25, 0.3) is 0 Å². The van der Waals surface area contributed by atoms with Crippen molar-refractivity contribution in [3.8, 4) is 0 Å². The first-order valence-electron chi connectivity index (χ1n) is 5.47. The van der Waals surface area contributed by atoms with Gasteiger partial charge >= 0.3 is 12.0 Å². The van der Waals surface area contributed by atoms with Crippen molar-refractivity contribution in [1.82, 2.24) is 15.4 Å². The van der Waals surface area contributed by atoms with Gasteiger partial charge in [-0.2, -0.15) is 11.8 Å². The van der Waals surface area contributed by atoms with Crippen LogP contribution in [0.15, 0.2) is 0 Å². The summed E-state index contributed by atoms with van der Waals surface area (Å²) in [6, 6.07) is -1.58. The van der Waals surface area contributed by atoms with E-state index in [2.05, 4.69) is 15.4 Å². The lowest BCUT2D eigenvalue weighted by Gasteiger charge is -2.14. The lowest BCUT2D eigenvalue weighted by Crippen LogP contribution is -2.47. The molecule has 0 saturated heterocycles. The third-order valence-corrected chi connectivity index (χ3v) is 3.36. The van der Waals surface area contributed by atoms with Gasteiger partial charge in [-0.25, -0.2) is 22.7 Å². The number of rotatable bonds is 9. The first kappa shape index (κ1) is 18.0. The smallest absolute Gasteiger partial charge is 0.326 e. The van der Waals surface area contributed by atoms with Crippen LogP contribution in [0, 0.1) is 0 Å². The molecule has 112 valence electrons. The Labute approximate surface area is 116 Å². The summed E-state index contributed by atoms with van der Waals surface area (Å²) in [6.07, 6.45) is 3.18. The zero-order valence-corrected chi connectivity index (χ0v) is 12.4. The number of carboxylic acid groups (broad SMARTS) is 1. The molecule has 2 amide bonds.